The van der Waals surface area contributed by atoms with Gasteiger partial charge < -0.3 is 24.2 Å². The Bertz CT molecular complexity index is 1550. The van der Waals surface area contributed by atoms with E-state index in [-0.39, 0.29) is 25.0 Å². The second-order valence-electron chi connectivity index (χ2n) is 17.9. The largest absolute Gasteiger partial charge is 0.492 e. The van der Waals surface area contributed by atoms with Gasteiger partial charge in [0.15, 0.2) is 0 Å². The SMILES string of the molecule is CCCCCCCCCCCCCC(=O)OCC(CC(O)(c1ccccc1)C(c1ccccc1)c1ccc(OCCN(C)C)cc1)OC(=O)CCCCCCCCCCCCC. The first-order chi connectivity index (χ1) is 30.3. The minimum Gasteiger partial charge on any atom is -0.492 e. The van der Waals surface area contributed by atoms with Gasteiger partial charge in [0.25, 0.3) is 0 Å². The predicted molar refractivity (Wildman–Crippen MR) is 257 cm³/mol. The zero-order chi connectivity index (χ0) is 44.5. The van der Waals surface area contributed by atoms with E-state index >= 15 is 0 Å². The molecule has 0 aliphatic heterocycles. The number of nitrogens with zero attached hydrogens (tertiary/aromatic N) is 1. The third kappa shape index (κ3) is 22.1. The van der Waals surface area contributed by atoms with Crippen LogP contribution in [0.3, 0.4) is 0 Å². The average Bonchev–Trinajstić information content (AvgIpc) is 3.27. The van der Waals surface area contributed by atoms with E-state index in [2.05, 4.69) is 18.7 Å². The van der Waals surface area contributed by atoms with Crippen molar-refractivity contribution in [3.8, 4) is 5.75 Å². The van der Waals surface area contributed by atoms with Gasteiger partial charge in [0, 0.05) is 31.7 Å². The van der Waals surface area contributed by atoms with Crippen LogP contribution in [0.25, 0.3) is 0 Å². The number of unbranched alkanes of at least 4 members (excludes halogenated alkanes) is 20. The molecule has 62 heavy (non-hydrogen) atoms. The van der Waals surface area contributed by atoms with Crippen molar-refractivity contribution in [2.45, 2.75) is 192 Å². The number of likely N-dealkylation sites (N-methyl/N-ethyl adjacent to an activating group) is 1. The Kier molecular flexibility index (Phi) is 28.0. The number of hydrogen-bond acceptors (Lipinski definition) is 7. The molecule has 3 rings (SSSR count). The van der Waals surface area contributed by atoms with E-state index in [0.29, 0.717) is 25.0 Å². The lowest BCUT2D eigenvalue weighted by molar-refractivity contribution is -0.164. The lowest BCUT2D eigenvalue weighted by Gasteiger charge is -2.39. The molecule has 346 valence electrons. The fourth-order valence-corrected chi connectivity index (χ4v) is 8.47. The summed E-state index contributed by atoms with van der Waals surface area (Å²) in [4.78, 5) is 28.9. The van der Waals surface area contributed by atoms with Crippen molar-refractivity contribution < 1.29 is 28.9 Å². The molecule has 1 N–H and O–H groups in total. The van der Waals surface area contributed by atoms with Gasteiger partial charge in [0.2, 0.25) is 0 Å². The van der Waals surface area contributed by atoms with E-state index < -0.39 is 17.6 Å². The molecule has 0 saturated heterocycles. The molecule has 0 aliphatic carbocycles. The summed E-state index contributed by atoms with van der Waals surface area (Å²) >= 11 is 0. The second-order valence-corrected chi connectivity index (χ2v) is 17.9. The molecular formula is C55H85NO6. The molecule has 3 unspecified atom stereocenters. The van der Waals surface area contributed by atoms with Gasteiger partial charge in [-0.25, -0.2) is 0 Å². The summed E-state index contributed by atoms with van der Waals surface area (Å²) in [7, 11) is 4.04. The molecule has 7 nitrogen and oxygen atoms in total. The number of carbonyl (C=O) groups excluding carboxylic acids is 2. The van der Waals surface area contributed by atoms with Crippen LogP contribution in [0, 0.1) is 0 Å². The van der Waals surface area contributed by atoms with E-state index in [4.69, 9.17) is 14.2 Å². The summed E-state index contributed by atoms with van der Waals surface area (Å²) < 4.78 is 18.2. The normalized spacial score (nSPS) is 13.4. The Balaban J connectivity index is 1.74. The zero-order valence-corrected chi connectivity index (χ0v) is 39.5. The Morgan fingerprint density at radius 1 is 0.565 bits per heavy atom. The first kappa shape index (κ1) is 52.7. The van der Waals surface area contributed by atoms with Gasteiger partial charge in [-0.2, -0.15) is 0 Å². The van der Waals surface area contributed by atoms with Crippen molar-refractivity contribution in [3.63, 3.8) is 0 Å². The highest BCUT2D eigenvalue weighted by Gasteiger charge is 2.43. The Labute approximate surface area is 377 Å². The molecule has 7 heteroatoms. The van der Waals surface area contributed by atoms with Gasteiger partial charge in [-0.1, -0.05) is 215 Å². The molecule has 0 fully saturated rings. The standard InChI is InChI=1S/C55H85NO6/c1-5-7-9-11-13-15-17-19-21-23-31-37-52(57)61-46-51(62-53(58)38-32-24-22-20-18-16-14-12-10-8-6-2)45-55(59,49-35-29-26-30-36-49)54(47-33-27-25-28-34-47)48-39-41-50(42-40-48)60-44-43-56(3)4/h25-30,33-36,39-42,51,54,59H,5-24,31-32,37-38,43-46H2,1-4H3. The molecule has 0 aliphatic rings. The number of benzene rings is 3. The van der Waals surface area contributed by atoms with Gasteiger partial charge in [-0.3, -0.25) is 9.59 Å². The first-order valence-electron chi connectivity index (χ1n) is 24.8. The Morgan fingerprint density at radius 2 is 1.00 bits per heavy atom. The molecular weight excluding hydrogens is 771 g/mol. The highest BCUT2D eigenvalue weighted by atomic mass is 16.6. The molecule has 0 spiro atoms. The van der Waals surface area contributed by atoms with Crippen molar-refractivity contribution in [1.82, 2.24) is 4.90 Å². The average molecular weight is 856 g/mol. The summed E-state index contributed by atoms with van der Waals surface area (Å²) in [5.74, 6) is -0.398. The zero-order valence-electron chi connectivity index (χ0n) is 39.5. The minimum atomic E-state index is -1.54. The van der Waals surface area contributed by atoms with E-state index in [0.717, 1.165) is 61.9 Å². The lowest BCUT2D eigenvalue weighted by Crippen LogP contribution is -2.41. The van der Waals surface area contributed by atoms with Crippen LogP contribution in [0.1, 0.15) is 197 Å². The molecule has 3 atom stereocenters. The highest BCUT2D eigenvalue weighted by molar-refractivity contribution is 5.70. The van der Waals surface area contributed by atoms with Gasteiger partial charge >= 0.3 is 11.9 Å². The maximum Gasteiger partial charge on any atom is 0.306 e. The fourth-order valence-electron chi connectivity index (χ4n) is 8.47. The van der Waals surface area contributed by atoms with Crippen LogP contribution in [-0.4, -0.2) is 61.9 Å². The predicted octanol–water partition coefficient (Wildman–Crippen LogP) is 13.9. The van der Waals surface area contributed by atoms with E-state index in [1.807, 2.05) is 99.0 Å². The van der Waals surface area contributed by atoms with E-state index in [1.165, 1.54) is 103 Å². The van der Waals surface area contributed by atoms with Crippen molar-refractivity contribution in [2.24, 2.45) is 0 Å². The maximum atomic E-state index is 13.6. The number of hydrogen-bond donors (Lipinski definition) is 1. The number of ether oxygens (including phenoxy) is 3. The van der Waals surface area contributed by atoms with Crippen LogP contribution in [0.15, 0.2) is 84.9 Å². The van der Waals surface area contributed by atoms with E-state index in [1.54, 1.807) is 0 Å². The molecule has 0 bridgehead atoms. The van der Waals surface area contributed by atoms with Crippen LogP contribution < -0.4 is 4.74 Å². The second kappa shape index (κ2) is 32.9. The van der Waals surface area contributed by atoms with Crippen molar-refractivity contribution >= 4 is 11.9 Å². The molecule has 0 saturated carbocycles. The summed E-state index contributed by atoms with van der Waals surface area (Å²) in [6.45, 7) is 5.75. The Hall–Kier alpha value is -3.68. The monoisotopic (exact) mass is 856 g/mol. The maximum absolute atomic E-state index is 13.6. The smallest absolute Gasteiger partial charge is 0.306 e. The van der Waals surface area contributed by atoms with Crippen LogP contribution in [0.2, 0.25) is 0 Å². The van der Waals surface area contributed by atoms with Gasteiger partial charge in [0.05, 0.1) is 0 Å². The number of rotatable bonds is 37. The van der Waals surface area contributed by atoms with Crippen molar-refractivity contribution in [2.75, 3.05) is 33.9 Å². The van der Waals surface area contributed by atoms with Gasteiger partial charge in [-0.05, 0) is 55.8 Å². The summed E-state index contributed by atoms with van der Waals surface area (Å²) in [5.41, 5.74) is 0.959. The van der Waals surface area contributed by atoms with E-state index in [9.17, 15) is 14.7 Å². The molecule has 0 radical (unpaired) electrons. The lowest BCUT2D eigenvalue weighted by atomic mass is 9.71. The number of aliphatic hydroxyl groups is 1. The summed E-state index contributed by atoms with van der Waals surface area (Å²) in [5, 5.41) is 13.3. The van der Waals surface area contributed by atoms with Crippen LogP contribution in [0.4, 0.5) is 0 Å². The Morgan fingerprint density at radius 3 is 1.48 bits per heavy atom. The molecule has 0 heterocycles. The van der Waals surface area contributed by atoms with Crippen molar-refractivity contribution in [1.29, 1.82) is 0 Å². The quantitative estimate of drug-likeness (QED) is 0.0457. The summed E-state index contributed by atoms with van der Waals surface area (Å²) in [6, 6.07) is 27.5. The molecule has 0 amide bonds. The number of esters is 2. The molecule has 3 aromatic rings. The molecule has 3 aromatic carbocycles. The summed E-state index contributed by atoms with van der Waals surface area (Å²) in [6.07, 6.45) is 26.2. The van der Waals surface area contributed by atoms with Gasteiger partial charge in [0.1, 0.15) is 30.7 Å². The van der Waals surface area contributed by atoms with Crippen molar-refractivity contribution in [3.05, 3.63) is 102 Å². The highest BCUT2D eigenvalue weighted by Crippen LogP contribution is 2.45. The third-order valence-electron chi connectivity index (χ3n) is 12.1. The van der Waals surface area contributed by atoms with Crippen LogP contribution in [0.5, 0.6) is 5.75 Å². The van der Waals surface area contributed by atoms with Crippen LogP contribution >= 0.6 is 0 Å². The molecule has 0 aromatic heterocycles. The fraction of sp³-hybridized carbons (Fsp3) is 0.636. The third-order valence-corrected chi connectivity index (χ3v) is 12.1. The topological polar surface area (TPSA) is 85.3 Å². The van der Waals surface area contributed by atoms with Crippen LogP contribution in [-0.2, 0) is 24.7 Å². The number of carbonyl (C=O) groups is 2. The minimum absolute atomic E-state index is 0.0351. The van der Waals surface area contributed by atoms with Gasteiger partial charge in [-0.15, -0.1) is 0 Å². The first-order valence-corrected chi connectivity index (χ1v) is 24.8.